The van der Waals surface area contributed by atoms with Crippen LogP contribution in [-0.2, 0) is 0 Å². The number of ether oxygens (including phenoxy) is 1. The zero-order chi connectivity index (χ0) is 14.4. The molecule has 1 aliphatic rings. The molecule has 1 aromatic carbocycles. The zero-order valence-electron chi connectivity index (χ0n) is 11.7. The highest BCUT2D eigenvalue weighted by molar-refractivity contribution is 7.80. The van der Waals surface area contributed by atoms with Crippen molar-refractivity contribution in [1.29, 1.82) is 0 Å². The molecule has 0 aliphatic carbocycles. The Morgan fingerprint density at radius 3 is 2.30 bits per heavy atom. The Kier molecular flexibility index (Phi) is 5.35. The minimum atomic E-state index is -0.165. The summed E-state index contributed by atoms with van der Waals surface area (Å²) in [6, 6.07) is 7.01. The average molecular weight is 292 g/mol. The van der Waals surface area contributed by atoms with Gasteiger partial charge in [0.1, 0.15) is 5.75 Å². The highest BCUT2D eigenvalue weighted by Crippen LogP contribution is 2.12. The van der Waals surface area contributed by atoms with Crippen LogP contribution in [0.25, 0.3) is 0 Å². The molecule has 0 radical (unpaired) electrons. The van der Waals surface area contributed by atoms with E-state index in [0.717, 1.165) is 31.7 Å². The van der Waals surface area contributed by atoms with Crippen LogP contribution < -0.4 is 10.1 Å². The van der Waals surface area contributed by atoms with Gasteiger partial charge in [-0.25, -0.2) is 0 Å². The molecule has 0 spiro atoms. The van der Waals surface area contributed by atoms with Crippen LogP contribution >= 0.6 is 12.2 Å². The number of nitrogens with one attached hydrogen (secondary N) is 1. The molecule has 108 valence electrons. The number of benzene rings is 1. The van der Waals surface area contributed by atoms with Crippen LogP contribution in [-0.4, -0.2) is 36.1 Å². The Bertz CT molecular complexity index is 465. The van der Waals surface area contributed by atoms with Gasteiger partial charge in [0.05, 0.1) is 7.11 Å². The number of amides is 1. The van der Waals surface area contributed by atoms with Crippen molar-refractivity contribution in [1.82, 2.24) is 10.2 Å². The lowest BCUT2D eigenvalue weighted by Gasteiger charge is -2.23. The average Bonchev–Trinajstić information content (AvgIpc) is 2.76. The quantitative estimate of drug-likeness (QED) is 0.851. The fourth-order valence-corrected chi connectivity index (χ4v) is 2.54. The van der Waals surface area contributed by atoms with Crippen molar-refractivity contribution in [2.75, 3.05) is 20.2 Å². The topological polar surface area (TPSA) is 41.6 Å². The van der Waals surface area contributed by atoms with Gasteiger partial charge in [-0.2, -0.15) is 0 Å². The molecule has 0 saturated carbocycles. The van der Waals surface area contributed by atoms with Crippen molar-refractivity contribution in [3.63, 3.8) is 0 Å². The predicted molar refractivity (Wildman–Crippen MR) is 83.1 cm³/mol. The summed E-state index contributed by atoms with van der Waals surface area (Å²) >= 11 is 5.33. The molecule has 2 rings (SSSR count). The molecule has 20 heavy (non-hydrogen) atoms. The Balaban J connectivity index is 1.93. The smallest absolute Gasteiger partial charge is 0.257 e. The molecule has 0 bridgehead atoms. The van der Waals surface area contributed by atoms with E-state index in [9.17, 15) is 4.79 Å². The lowest BCUT2D eigenvalue weighted by atomic mass is 10.2. The van der Waals surface area contributed by atoms with Crippen LogP contribution in [0, 0.1) is 0 Å². The normalized spacial score (nSPS) is 15.3. The van der Waals surface area contributed by atoms with E-state index < -0.39 is 0 Å². The summed E-state index contributed by atoms with van der Waals surface area (Å²) < 4.78 is 5.07. The van der Waals surface area contributed by atoms with Crippen molar-refractivity contribution >= 4 is 23.2 Å². The number of methoxy groups -OCH3 is 1. The first kappa shape index (κ1) is 14.8. The van der Waals surface area contributed by atoms with E-state index in [2.05, 4.69) is 10.2 Å². The number of thiocarbonyl (C=S) groups is 1. The molecular formula is C15H20N2O2S. The van der Waals surface area contributed by atoms with Crippen molar-refractivity contribution in [2.45, 2.75) is 25.7 Å². The maximum Gasteiger partial charge on any atom is 0.257 e. The third-order valence-corrected chi connectivity index (χ3v) is 3.83. The van der Waals surface area contributed by atoms with Gasteiger partial charge >= 0.3 is 0 Å². The van der Waals surface area contributed by atoms with E-state index in [1.807, 2.05) is 0 Å². The van der Waals surface area contributed by atoms with Gasteiger partial charge in [0.15, 0.2) is 5.11 Å². The Hall–Kier alpha value is -1.62. The number of hydrogen-bond donors (Lipinski definition) is 1. The molecule has 1 saturated heterocycles. The van der Waals surface area contributed by atoms with Crippen molar-refractivity contribution in [3.05, 3.63) is 29.8 Å². The minimum absolute atomic E-state index is 0.165. The van der Waals surface area contributed by atoms with Crippen LogP contribution in [0.4, 0.5) is 0 Å². The summed E-state index contributed by atoms with van der Waals surface area (Å²) in [4.78, 5) is 14.2. The molecule has 1 fully saturated rings. The van der Waals surface area contributed by atoms with Gasteiger partial charge in [-0.3, -0.25) is 10.1 Å². The highest BCUT2D eigenvalue weighted by Gasteiger charge is 2.15. The van der Waals surface area contributed by atoms with Gasteiger partial charge in [0, 0.05) is 18.7 Å². The van der Waals surface area contributed by atoms with Crippen molar-refractivity contribution in [3.8, 4) is 5.75 Å². The third-order valence-electron chi connectivity index (χ3n) is 3.47. The van der Waals surface area contributed by atoms with Crippen LogP contribution in [0.3, 0.4) is 0 Å². The van der Waals surface area contributed by atoms with E-state index in [1.165, 1.54) is 12.8 Å². The number of rotatable bonds is 2. The van der Waals surface area contributed by atoms with E-state index >= 15 is 0 Å². The van der Waals surface area contributed by atoms with Gasteiger partial charge in [-0.15, -0.1) is 0 Å². The molecule has 0 aromatic heterocycles. The Morgan fingerprint density at radius 1 is 1.15 bits per heavy atom. The van der Waals surface area contributed by atoms with E-state index in [-0.39, 0.29) is 5.91 Å². The Morgan fingerprint density at radius 2 is 1.75 bits per heavy atom. The van der Waals surface area contributed by atoms with Crippen LogP contribution in [0.1, 0.15) is 36.0 Å². The number of carbonyl (C=O) groups excluding carboxylic acids is 1. The molecule has 0 unspecified atom stereocenters. The minimum Gasteiger partial charge on any atom is -0.497 e. The van der Waals surface area contributed by atoms with Gasteiger partial charge in [-0.05, 0) is 49.3 Å². The van der Waals surface area contributed by atoms with Gasteiger partial charge < -0.3 is 9.64 Å². The first-order valence-electron chi connectivity index (χ1n) is 6.95. The summed E-state index contributed by atoms with van der Waals surface area (Å²) in [5.74, 6) is 0.568. The van der Waals surface area contributed by atoms with Gasteiger partial charge in [-0.1, -0.05) is 12.8 Å². The zero-order valence-corrected chi connectivity index (χ0v) is 12.5. The molecule has 1 amide bonds. The second-order valence-corrected chi connectivity index (χ2v) is 5.28. The van der Waals surface area contributed by atoms with Gasteiger partial charge in [0.25, 0.3) is 5.91 Å². The summed E-state index contributed by atoms with van der Waals surface area (Å²) in [6.07, 6.45) is 4.76. The predicted octanol–water partition coefficient (Wildman–Crippen LogP) is 2.59. The van der Waals surface area contributed by atoms with Crippen LogP contribution in [0.15, 0.2) is 24.3 Å². The third kappa shape index (κ3) is 3.93. The molecule has 5 heteroatoms. The first-order chi connectivity index (χ1) is 9.70. The lowest BCUT2D eigenvalue weighted by Crippen LogP contribution is -2.43. The lowest BCUT2D eigenvalue weighted by molar-refractivity contribution is 0.0973. The molecule has 1 aromatic rings. The maximum atomic E-state index is 12.1. The number of likely N-dealkylation sites (tertiary alicyclic amines) is 1. The van der Waals surface area contributed by atoms with E-state index in [1.54, 1.807) is 31.4 Å². The summed E-state index contributed by atoms with van der Waals surface area (Å²) in [5.41, 5.74) is 0.586. The van der Waals surface area contributed by atoms with Gasteiger partial charge in [0.2, 0.25) is 0 Å². The number of nitrogens with zero attached hydrogens (tertiary/aromatic N) is 1. The summed E-state index contributed by atoms with van der Waals surface area (Å²) in [5, 5.41) is 3.34. The second-order valence-electron chi connectivity index (χ2n) is 4.89. The van der Waals surface area contributed by atoms with Crippen LogP contribution in [0.2, 0.25) is 0 Å². The molecule has 1 aliphatic heterocycles. The van der Waals surface area contributed by atoms with Crippen LogP contribution in [0.5, 0.6) is 5.75 Å². The molecule has 1 N–H and O–H groups in total. The molecular weight excluding hydrogens is 272 g/mol. The first-order valence-corrected chi connectivity index (χ1v) is 7.36. The standard InChI is InChI=1S/C15H20N2O2S/c1-19-13-8-6-12(7-9-13)14(18)16-15(20)17-10-4-2-3-5-11-17/h6-9H,2-5,10-11H2,1H3,(H,16,18,20). The van der Waals surface area contributed by atoms with E-state index in [0.29, 0.717) is 10.7 Å². The number of carbonyl (C=O) groups is 1. The summed E-state index contributed by atoms with van der Waals surface area (Å²) in [6.45, 7) is 1.86. The fourth-order valence-electron chi connectivity index (χ4n) is 2.26. The highest BCUT2D eigenvalue weighted by atomic mass is 32.1. The maximum absolute atomic E-state index is 12.1. The molecule has 4 nitrogen and oxygen atoms in total. The van der Waals surface area contributed by atoms with Crippen molar-refractivity contribution in [2.24, 2.45) is 0 Å². The Labute approximate surface area is 125 Å². The van der Waals surface area contributed by atoms with Crippen molar-refractivity contribution < 1.29 is 9.53 Å². The largest absolute Gasteiger partial charge is 0.497 e. The SMILES string of the molecule is COc1ccc(C(=O)NC(=S)N2CCCCCC2)cc1. The second kappa shape index (κ2) is 7.24. The molecule has 0 atom stereocenters. The number of hydrogen-bond acceptors (Lipinski definition) is 3. The molecule has 1 heterocycles. The fraction of sp³-hybridized carbons (Fsp3) is 0.467. The monoisotopic (exact) mass is 292 g/mol. The summed E-state index contributed by atoms with van der Waals surface area (Å²) in [7, 11) is 1.60. The van der Waals surface area contributed by atoms with E-state index in [4.69, 9.17) is 17.0 Å².